The van der Waals surface area contributed by atoms with Crippen molar-refractivity contribution in [1.82, 2.24) is 10.3 Å². The molecule has 3 atom stereocenters. The molecular weight excluding hydrogens is 472 g/mol. The summed E-state index contributed by atoms with van der Waals surface area (Å²) in [6.07, 6.45) is 2.12. The van der Waals surface area contributed by atoms with Crippen LogP contribution < -0.4 is 5.32 Å². The Morgan fingerprint density at radius 2 is 1.58 bits per heavy atom. The van der Waals surface area contributed by atoms with Crippen molar-refractivity contribution in [1.29, 1.82) is 0 Å². The number of carbonyl (C=O) groups excluding carboxylic acids is 2. The van der Waals surface area contributed by atoms with Crippen molar-refractivity contribution in [3.05, 3.63) is 87.9 Å². The smallest absolute Gasteiger partial charge is 0.407 e. The number of amides is 1. The molecule has 6 nitrogen and oxygen atoms in total. The molecule has 0 aliphatic rings. The summed E-state index contributed by atoms with van der Waals surface area (Å²) in [5.74, 6) is -0.0594. The average molecular weight is 509 g/mol. The van der Waals surface area contributed by atoms with E-state index in [1.54, 1.807) is 6.20 Å². The number of hydrogen-bond donors (Lipinski definition) is 2. The van der Waals surface area contributed by atoms with Crippen molar-refractivity contribution in [2.45, 2.75) is 77.0 Å². The number of nitrogens with zero attached hydrogens (tertiary/aromatic N) is 1. The molecule has 1 aromatic heterocycles. The number of benzene rings is 2. The lowest BCUT2D eigenvalue weighted by molar-refractivity contribution is 0.0405. The summed E-state index contributed by atoms with van der Waals surface area (Å²) in [4.78, 5) is 30.1. The van der Waals surface area contributed by atoms with Crippen molar-refractivity contribution in [2.24, 2.45) is 0 Å². The first-order valence-electron chi connectivity index (χ1n) is 12.4. The number of rotatable bonds is 11. The van der Waals surface area contributed by atoms with Crippen LogP contribution in [0, 0.1) is 0 Å². The Bertz CT molecular complexity index is 1110. The highest BCUT2D eigenvalue weighted by molar-refractivity contribution is 7.13. The molecule has 0 radical (unpaired) electrons. The number of alkyl carbamates (subject to hydrolysis) is 1. The molecule has 0 aliphatic carbocycles. The van der Waals surface area contributed by atoms with Gasteiger partial charge in [-0.15, -0.1) is 11.3 Å². The molecule has 192 valence electrons. The number of aliphatic hydroxyl groups excluding tert-OH is 1. The molecule has 0 bridgehead atoms. The Kier molecular flexibility index (Phi) is 9.79. The predicted molar refractivity (Wildman–Crippen MR) is 144 cm³/mol. The van der Waals surface area contributed by atoms with E-state index >= 15 is 0 Å². The van der Waals surface area contributed by atoms with E-state index in [1.807, 2.05) is 88.4 Å². The fraction of sp³-hybridized carbons (Fsp3) is 0.414. The van der Waals surface area contributed by atoms with Gasteiger partial charge in [0.15, 0.2) is 5.78 Å². The first kappa shape index (κ1) is 27.6. The fourth-order valence-electron chi connectivity index (χ4n) is 4.02. The first-order valence-corrected chi connectivity index (χ1v) is 13.2. The zero-order valence-corrected chi connectivity index (χ0v) is 22.3. The van der Waals surface area contributed by atoms with Gasteiger partial charge in [-0.25, -0.2) is 9.78 Å². The first-order chi connectivity index (χ1) is 17.1. The van der Waals surface area contributed by atoms with E-state index in [2.05, 4.69) is 10.3 Å². The Balaban J connectivity index is 1.84. The predicted octanol–water partition coefficient (Wildman–Crippen LogP) is 5.95. The summed E-state index contributed by atoms with van der Waals surface area (Å²) in [6.45, 7) is 7.26. The van der Waals surface area contributed by atoms with Crippen LogP contribution in [0.15, 0.2) is 66.9 Å². The number of nitrogens with one attached hydrogen (secondary N) is 1. The zero-order valence-electron chi connectivity index (χ0n) is 21.4. The molecule has 2 N–H and O–H groups in total. The minimum Gasteiger partial charge on any atom is -0.444 e. The van der Waals surface area contributed by atoms with Gasteiger partial charge in [0.25, 0.3) is 0 Å². The molecule has 1 heterocycles. The van der Waals surface area contributed by atoms with Gasteiger partial charge >= 0.3 is 6.09 Å². The highest BCUT2D eigenvalue weighted by Gasteiger charge is 2.29. The van der Waals surface area contributed by atoms with Gasteiger partial charge in [0, 0.05) is 18.5 Å². The Labute approximate surface area is 217 Å². The maximum atomic E-state index is 12.6. The van der Waals surface area contributed by atoms with Crippen LogP contribution in [0.3, 0.4) is 0 Å². The molecule has 0 saturated heterocycles. The van der Waals surface area contributed by atoms with Gasteiger partial charge in [-0.1, -0.05) is 67.6 Å². The normalized spacial score (nSPS) is 14.0. The molecule has 36 heavy (non-hydrogen) atoms. The SMILES string of the molecule is CCC(=O)c1cnc(C(Cc2ccccc2)C[C@H](O)[C@H](Cc2ccccc2)NC(=O)OC(C)(C)C)s1. The van der Waals surface area contributed by atoms with Gasteiger partial charge in [0.05, 0.1) is 22.0 Å². The van der Waals surface area contributed by atoms with Gasteiger partial charge in [-0.3, -0.25) is 4.79 Å². The topological polar surface area (TPSA) is 88.5 Å². The molecule has 2 aromatic carbocycles. The third-order valence-corrected chi connectivity index (χ3v) is 6.99. The minimum atomic E-state index is -0.860. The second-order valence-electron chi connectivity index (χ2n) is 9.97. The fourth-order valence-corrected chi connectivity index (χ4v) is 5.06. The molecule has 0 spiro atoms. The van der Waals surface area contributed by atoms with Crippen LogP contribution in [-0.2, 0) is 17.6 Å². The molecule has 1 amide bonds. The Morgan fingerprint density at radius 3 is 2.14 bits per heavy atom. The molecule has 3 rings (SSSR count). The summed E-state index contributed by atoms with van der Waals surface area (Å²) in [5, 5.41) is 15.1. The number of hydrogen-bond acceptors (Lipinski definition) is 6. The van der Waals surface area contributed by atoms with E-state index in [0.717, 1.165) is 16.1 Å². The van der Waals surface area contributed by atoms with Gasteiger partial charge in [0.2, 0.25) is 0 Å². The van der Waals surface area contributed by atoms with E-state index < -0.39 is 23.8 Å². The number of Topliss-reactive ketones (excluding diaryl/α,β-unsaturated/α-hetero) is 1. The van der Waals surface area contributed by atoms with Crippen LogP contribution in [-0.4, -0.2) is 39.7 Å². The molecular formula is C29H36N2O4S. The molecule has 1 unspecified atom stereocenters. The summed E-state index contributed by atoms with van der Waals surface area (Å²) >= 11 is 1.39. The second kappa shape index (κ2) is 12.8. The van der Waals surface area contributed by atoms with E-state index in [9.17, 15) is 14.7 Å². The zero-order chi connectivity index (χ0) is 26.1. The Hall–Kier alpha value is -3.03. The van der Waals surface area contributed by atoms with Crippen LogP contribution in [0.25, 0.3) is 0 Å². The molecule has 7 heteroatoms. The number of ketones is 1. The van der Waals surface area contributed by atoms with Gasteiger partial charge < -0.3 is 15.2 Å². The van der Waals surface area contributed by atoms with Crippen molar-refractivity contribution in [3.8, 4) is 0 Å². The number of aliphatic hydroxyl groups is 1. The third-order valence-electron chi connectivity index (χ3n) is 5.78. The Morgan fingerprint density at radius 1 is 1.00 bits per heavy atom. The largest absolute Gasteiger partial charge is 0.444 e. The van der Waals surface area contributed by atoms with Crippen molar-refractivity contribution in [2.75, 3.05) is 0 Å². The van der Waals surface area contributed by atoms with Gasteiger partial charge in [0.1, 0.15) is 5.60 Å². The number of ether oxygens (including phenoxy) is 1. The number of carbonyl (C=O) groups is 2. The summed E-state index contributed by atoms with van der Waals surface area (Å²) in [5.41, 5.74) is 1.47. The highest BCUT2D eigenvalue weighted by Crippen LogP contribution is 2.31. The van der Waals surface area contributed by atoms with Crippen LogP contribution in [0.4, 0.5) is 4.79 Å². The van der Waals surface area contributed by atoms with Crippen LogP contribution in [0.2, 0.25) is 0 Å². The minimum absolute atomic E-state index is 0.0614. The van der Waals surface area contributed by atoms with E-state index in [-0.39, 0.29) is 11.7 Å². The van der Waals surface area contributed by atoms with E-state index in [4.69, 9.17) is 4.74 Å². The van der Waals surface area contributed by atoms with Gasteiger partial charge in [-0.2, -0.15) is 0 Å². The lowest BCUT2D eigenvalue weighted by Gasteiger charge is -2.29. The number of aromatic nitrogens is 1. The summed E-state index contributed by atoms with van der Waals surface area (Å²) in [6, 6.07) is 19.2. The maximum absolute atomic E-state index is 12.6. The lowest BCUT2D eigenvalue weighted by Crippen LogP contribution is -2.47. The van der Waals surface area contributed by atoms with Gasteiger partial charge in [-0.05, 0) is 51.2 Å². The standard InChI is InChI=1S/C29H36N2O4S/c1-5-24(32)26-19-30-27(36-26)22(16-20-12-8-6-9-13-20)18-25(33)23(17-21-14-10-7-11-15-21)31-28(34)35-29(2,3)4/h6-15,19,22-23,25,33H,5,16-18H2,1-4H3,(H,31,34)/t22?,23-,25-/m0/s1. The highest BCUT2D eigenvalue weighted by atomic mass is 32.1. The van der Waals surface area contributed by atoms with Crippen molar-refractivity contribution < 1.29 is 19.4 Å². The third kappa shape index (κ3) is 8.57. The van der Waals surface area contributed by atoms with E-state index in [0.29, 0.717) is 30.6 Å². The average Bonchev–Trinajstić information content (AvgIpc) is 3.33. The monoisotopic (exact) mass is 508 g/mol. The summed E-state index contributed by atoms with van der Waals surface area (Å²) in [7, 11) is 0. The number of thiazole rings is 1. The molecule has 0 aliphatic heterocycles. The quantitative estimate of drug-likeness (QED) is 0.313. The van der Waals surface area contributed by atoms with E-state index in [1.165, 1.54) is 11.3 Å². The molecule has 3 aromatic rings. The lowest BCUT2D eigenvalue weighted by atomic mass is 9.89. The maximum Gasteiger partial charge on any atom is 0.407 e. The van der Waals surface area contributed by atoms with Crippen molar-refractivity contribution >= 4 is 23.2 Å². The van der Waals surface area contributed by atoms with Crippen molar-refractivity contribution in [3.63, 3.8) is 0 Å². The molecule has 0 fully saturated rings. The second-order valence-corrected chi connectivity index (χ2v) is 11.0. The van der Waals surface area contributed by atoms with Crippen LogP contribution in [0.1, 0.15) is 72.3 Å². The van der Waals surface area contributed by atoms with Crippen LogP contribution in [0.5, 0.6) is 0 Å². The van der Waals surface area contributed by atoms with Crippen LogP contribution >= 0.6 is 11.3 Å². The molecule has 0 saturated carbocycles. The summed E-state index contributed by atoms with van der Waals surface area (Å²) < 4.78 is 5.47.